The van der Waals surface area contributed by atoms with Crippen LogP contribution in [-0.4, -0.2) is 18.2 Å². The molecule has 0 aromatic rings. The summed E-state index contributed by atoms with van der Waals surface area (Å²) in [5, 5.41) is 0. The highest BCUT2D eigenvalue weighted by Crippen LogP contribution is 2.24. The van der Waals surface area contributed by atoms with Crippen LogP contribution in [0.4, 0.5) is 13.2 Å². The molecule has 0 unspecified atom stereocenters. The van der Waals surface area contributed by atoms with E-state index in [1.807, 2.05) is 0 Å². The number of hydrogen-bond donors (Lipinski definition) is 0. The lowest BCUT2D eigenvalue weighted by atomic mass is 10.3. The molecule has 76 valence electrons. The highest BCUT2D eigenvalue weighted by atomic mass is 19.4. The van der Waals surface area contributed by atoms with Crippen molar-refractivity contribution in [3.8, 4) is 0 Å². The van der Waals surface area contributed by atoms with E-state index < -0.39 is 23.8 Å². The lowest BCUT2D eigenvalue weighted by Crippen LogP contribution is -2.14. The Kier molecular flexibility index (Phi) is 3.97. The van der Waals surface area contributed by atoms with Gasteiger partial charge in [-0.1, -0.05) is 0 Å². The fraction of sp³-hybridized carbons (Fsp3) is 0.625. The maximum atomic E-state index is 11.9. The number of esters is 1. The van der Waals surface area contributed by atoms with Crippen LogP contribution in [0.3, 0.4) is 0 Å². The van der Waals surface area contributed by atoms with Crippen molar-refractivity contribution in [1.82, 2.24) is 0 Å². The standard InChI is InChI=1S/C8H11F3O2/c1-5(2)13-7(12)4-6(3)8(9,10)11/h4-5H,1-3H3/b6-4+. The second kappa shape index (κ2) is 4.30. The summed E-state index contributed by atoms with van der Waals surface area (Å²) in [6.45, 7) is 3.95. The Morgan fingerprint density at radius 1 is 1.38 bits per heavy atom. The van der Waals surface area contributed by atoms with Crippen LogP contribution in [-0.2, 0) is 9.53 Å². The number of carbonyl (C=O) groups excluding carboxylic acids is 1. The summed E-state index contributed by atoms with van der Waals surface area (Å²) in [5.74, 6) is -0.968. The minimum atomic E-state index is -4.46. The van der Waals surface area contributed by atoms with E-state index in [-0.39, 0.29) is 0 Å². The number of alkyl halides is 3. The van der Waals surface area contributed by atoms with Gasteiger partial charge in [-0.05, 0) is 20.8 Å². The van der Waals surface area contributed by atoms with Crippen LogP contribution in [0.25, 0.3) is 0 Å². The zero-order valence-electron chi connectivity index (χ0n) is 7.61. The van der Waals surface area contributed by atoms with Crippen LogP contribution in [0, 0.1) is 0 Å². The molecule has 0 bridgehead atoms. The second-order valence-corrected chi connectivity index (χ2v) is 2.81. The van der Waals surface area contributed by atoms with E-state index in [4.69, 9.17) is 0 Å². The Hall–Kier alpha value is -1.00. The summed E-state index contributed by atoms with van der Waals surface area (Å²) < 4.78 is 40.1. The van der Waals surface area contributed by atoms with E-state index in [0.29, 0.717) is 6.08 Å². The third-order valence-electron chi connectivity index (χ3n) is 1.13. The molecule has 0 aromatic heterocycles. The number of halogens is 3. The smallest absolute Gasteiger partial charge is 0.412 e. The first-order valence-corrected chi connectivity index (χ1v) is 3.69. The third kappa shape index (κ3) is 5.27. The van der Waals surface area contributed by atoms with E-state index in [2.05, 4.69) is 4.74 Å². The van der Waals surface area contributed by atoms with Gasteiger partial charge in [0.2, 0.25) is 0 Å². The molecule has 0 fully saturated rings. The first-order valence-electron chi connectivity index (χ1n) is 3.69. The zero-order chi connectivity index (χ0) is 10.6. The van der Waals surface area contributed by atoms with Gasteiger partial charge in [0, 0.05) is 11.6 Å². The number of allylic oxidation sites excluding steroid dienone is 1. The molecule has 13 heavy (non-hydrogen) atoms. The summed E-state index contributed by atoms with van der Waals surface area (Å²) in [6.07, 6.45) is -4.43. The second-order valence-electron chi connectivity index (χ2n) is 2.81. The summed E-state index contributed by atoms with van der Waals surface area (Å²) in [4.78, 5) is 10.7. The van der Waals surface area contributed by atoms with Crippen LogP contribution < -0.4 is 0 Å². The average Bonchev–Trinajstić information content (AvgIpc) is 1.82. The Labute approximate surface area is 74.4 Å². The Morgan fingerprint density at radius 2 is 1.85 bits per heavy atom. The summed E-state index contributed by atoms with van der Waals surface area (Å²) in [5.41, 5.74) is -0.960. The largest absolute Gasteiger partial charge is 0.460 e. The molecular weight excluding hydrogens is 185 g/mol. The van der Waals surface area contributed by atoms with E-state index in [1.54, 1.807) is 13.8 Å². The van der Waals surface area contributed by atoms with Gasteiger partial charge in [0.1, 0.15) is 0 Å². The molecule has 0 saturated heterocycles. The number of carbonyl (C=O) groups is 1. The zero-order valence-corrected chi connectivity index (χ0v) is 7.61. The van der Waals surface area contributed by atoms with Gasteiger partial charge in [0.15, 0.2) is 0 Å². The molecule has 5 heteroatoms. The first kappa shape index (κ1) is 12.0. The summed E-state index contributed by atoms with van der Waals surface area (Å²) >= 11 is 0. The topological polar surface area (TPSA) is 26.3 Å². The minimum Gasteiger partial charge on any atom is -0.460 e. The van der Waals surface area contributed by atoms with Gasteiger partial charge in [-0.2, -0.15) is 13.2 Å². The van der Waals surface area contributed by atoms with Crippen LogP contribution in [0.15, 0.2) is 11.6 Å². The van der Waals surface area contributed by atoms with Gasteiger partial charge in [0.25, 0.3) is 0 Å². The predicted molar refractivity (Wildman–Crippen MR) is 41.0 cm³/mol. The molecule has 0 amide bonds. The maximum absolute atomic E-state index is 11.9. The number of rotatable bonds is 2. The van der Waals surface area contributed by atoms with Crippen LogP contribution >= 0.6 is 0 Å². The van der Waals surface area contributed by atoms with Gasteiger partial charge in [0.05, 0.1) is 6.10 Å². The van der Waals surface area contributed by atoms with Crippen molar-refractivity contribution >= 4 is 5.97 Å². The molecule has 0 spiro atoms. The molecule has 0 saturated carbocycles. The van der Waals surface area contributed by atoms with E-state index in [1.165, 1.54) is 0 Å². The van der Waals surface area contributed by atoms with Crippen LogP contribution in [0.5, 0.6) is 0 Å². The Morgan fingerprint density at radius 3 is 2.15 bits per heavy atom. The highest BCUT2D eigenvalue weighted by Gasteiger charge is 2.30. The molecule has 0 aliphatic rings. The predicted octanol–water partition coefficient (Wildman–Crippen LogP) is 2.45. The summed E-state index contributed by atoms with van der Waals surface area (Å²) in [7, 11) is 0. The van der Waals surface area contributed by atoms with E-state index in [0.717, 1.165) is 6.92 Å². The van der Waals surface area contributed by atoms with Crippen molar-refractivity contribution in [2.24, 2.45) is 0 Å². The Balaban J connectivity index is 4.32. The van der Waals surface area contributed by atoms with E-state index in [9.17, 15) is 18.0 Å². The maximum Gasteiger partial charge on any atom is 0.412 e. The van der Waals surface area contributed by atoms with E-state index >= 15 is 0 Å². The highest BCUT2D eigenvalue weighted by molar-refractivity contribution is 5.83. The molecule has 0 aromatic carbocycles. The molecule has 0 N–H and O–H groups in total. The van der Waals surface area contributed by atoms with Crippen molar-refractivity contribution in [2.45, 2.75) is 33.1 Å². The fourth-order valence-electron chi connectivity index (χ4n) is 0.525. The molecule has 0 aliphatic carbocycles. The number of ether oxygens (including phenoxy) is 1. The average molecular weight is 196 g/mol. The SMILES string of the molecule is C/C(=C\C(=O)OC(C)C)C(F)(F)F. The van der Waals surface area contributed by atoms with Crippen LogP contribution in [0.2, 0.25) is 0 Å². The molecule has 0 rings (SSSR count). The van der Waals surface area contributed by atoms with Crippen molar-refractivity contribution in [1.29, 1.82) is 0 Å². The molecule has 0 atom stereocenters. The van der Waals surface area contributed by atoms with Gasteiger partial charge in [-0.25, -0.2) is 4.79 Å². The Bertz CT molecular complexity index is 216. The lowest BCUT2D eigenvalue weighted by molar-refractivity contribution is -0.142. The first-order chi connectivity index (χ1) is 5.73. The number of hydrogen-bond acceptors (Lipinski definition) is 2. The van der Waals surface area contributed by atoms with Crippen molar-refractivity contribution in [3.63, 3.8) is 0 Å². The summed E-state index contributed by atoms with van der Waals surface area (Å²) in [6, 6.07) is 0. The minimum absolute atomic E-state index is 0.412. The molecule has 0 radical (unpaired) electrons. The third-order valence-corrected chi connectivity index (χ3v) is 1.13. The molecule has 2 nitrogen and oxygen atoms in total. The normalized spacial score (nSPS) is 13.3. The molecule has 0 aliphatic heterocycles. The lowest BCUT2D eigenvalue weighted by Gasteiger charge is -2.08. The van der Waals surface area contributed by atoms with Crippen molar-refractivity contribution in [3.05, 3.63) is 11.6 Å². The van der Waals surface area contributed by atoms with Gasteiger partial charge < -0.3 is 4.74 Å². The molecular formula is C8H11F3O2. The van der Waals surface area contributed by atoms with Crippen molar-refractivity contribution < 1.29 is 22.7 Å². The van der Waals surface area contributed by atoms with Gasteiger partial charge in [-0.3, -0.25) is 0 Å². The van der Waals surface area contributed by atoms with Crippen LogP contribution in [0.1, 0.15) is 20.8 Å². The monoisotopic (exact) mass is 196 g/mol. The van der Waals surface area contributed by atoms with Crippen molar-refractivity contribution in [2.75, 3.05) is 0 Å². The molecule has 0 heterocycles. The van der Waals surface area contributed by atoms with Gasteiger partial charge >= 0.3 is 12.1 Å². The quantitative estimate of drug-likeness (QED) is 0.501. The fourth-order valence-corrected chi connectivity index (χ4v) is 0.525. The van der Waals surface area contributed by atoms with Gasteiger partial charge in [-0.15, -0.1) is 0 Å².